The van der Waals surface area contributed by atoms with Gasteiger partial charge in [0.05, 0.1) is 22.4 Å². The molecule has 1 rings (SSSR count). The van der Waals surface area contributed by atoms with Crippen molar-refractivity contribution in [1.29, 1.82) is 0 Å². The van der Waals surface area contributed by atoms with Crippen molar-refractivity contribution in [2.45, 2.75) is 77.8 Å². The van der Waals surface area contributed by atoms with Gasteiger partial charge < -0.3 is 19.5 Å². The molecule has 2 N–H and O–H groups in total. The molecule has 4 nitrogen and oxygen atoms in total. The zero-order valence-electron chi connectivity index (χ0n) is 13.9. The van der Waals surface area contributed by atoms with E-state index < -0.39 is 28.8 Å². The second-order valence-corrected chi connectivity index (χ2v) is 7.87. The van der Waals surface area contributed by atoms with Gasteiger partial charge in [-0.3, -0.25) is 0 Å². The van der Waals surface area contributed by atoms with Crippen LogP contribution < -0.4 is 0 Å². The fraction of sp³-hybridized carbons (Fsp3) is 1.00. The second kappa shape index (κ2) is 5.16. The van der Waals surface area contributed by atoms with E-state index in [0.29, 0.717) is 0 Å². The molecular formula is C14H29BO4S. The third kappa shape index (κ3) is 2.78. The highest BCUT2D eigenvalue weighted by Gasteiger charge is 2.59. The van der Waals surface area contributed by atoms with Crippen LogP contribution in [0.1, 0.15) is 55.4 Å². The first kappa shape index (κ1) is 18.3. The molecule has 6 heteroatoms. The summed E-state index contributed by atoms with van der Waals surface area (Å²) < 4.78 is 11.6. The van der Waals surface area contributed by atoms with E-state index in [2.05, 4.69) is 12.5 Å². The Morgan fingerprint density at radius 1 is 1.05 bits per heavy atom. The van der Waals surface area contributed by atoms with Gasteiger partial charge in [0.2, 0.25) is 0 Å². The first-order valence-corrected chi connectivity index (χ1v) is 7.67. The highest BCUT2D eigenvalue weighted by atomic mass is 32.1. The summed E-state index contributed by atoms with van der Waals surface area (Å²) in [5.41, 5.74) is -3.58. The number of thiol groups is 1. The molecule has 0 bridgehead atoms. The molecule has 0 saturated carbocycles. The van der Waals surface area contributed by atoms with Crippen LogP contribution in [0.5, 0.6) is 0 Å². The largest absolute Gasteiger partial charge is 0.529 e. The smallest absolute Gasteiger partial charge is 0.394 e. The van der Waals surface area contributed by atoms with Crippen LogP contribution in [0.25, 0.3) is 0 Å². The van der Waals surface area contributed by atoms with Crippen molar-refractivity contribution in [3.8, 4) is 0 Å². The SMILES string of the molecule is CC([C@@H](C)C(C)(O)C(C)(C)O)C1(C)OB(S)OC1(C)C. The van der Waals surface area contributed by atoms with E-state index in [1.165, 1.54) is 0 Å². The fourth-order valence-corrected chi connectivity index (χ4v) is 3.40. The van der Waals surface area contributed by atoms with Crippen LogP contribution in [0.3, 0.4) is 0 Å². The molecule has 1 heterocycles. The van der Waals surface area contributed by atoms with Gasteiger partial charge in [-0.05, 0) is 53.4 Å². The molecule has 0 aliphatic carbocycles. The average molecular weight is 304 g/mol. The molecule has 0 aromatic rings. The van der Waals surface area contributed by atoms with Crippen LogP contribution in [-0.4, -0.2) is 39.0 Å². The maximum atomic E-state index is 10.7. The van der Waals surface area contributed by atoms with E-state index in [1.54, 1.807) is 20.8 Å². The molecule has 118 valence electrons. The lowest BCUT2D eigenvalue weighted by molar-refractivity contribution is -0.180. The van der Waals surface area contributed by atoms with Gasteiger partial charge in [-0.1, -0.05) is 13.8 Å². The van der Waals surface area contributed by atoms with Crippen molar-refractivity contribution >= 4 is 18.9 Å². The van der Waals surface area contributed by atoms with Gasteiger partial charge in [-0.25, -0.2) is 0 Å². The number of aliphatic hydroxyl groups is 2. The maximum absolute atomic E-state index is 10.7. The van der Waals surface area contributed by atoms with E-state index in [4.69, 9.17) is 9.31 Å². The standard InChI is InChI=1S/C14H29BO4S/c1-9(13(7,17)11(3,4)16)10(2)14(8)12(5,6)18-15(20)19-14/h9-10,16-17,20H,1-8H3/t9-,10?,13?,14?/m1/s1. The first-order valence-electron chi connectivity index (χ1n) is 7.15. The van der Waals surface area contributed by atoms with Crippen LogP contribution in [0.15, 0.2) is 0 Å². The summed E-state index contributed by atoms with van der Waals surface area (Å²) in [5, 5.41) is 21.0. The van der Waals surface area contributed by atoms with Crippen LogP contribution in [0.2, 0.25) is 0 Å². The normalized spacial score (nSPS) is 32.9. The molecule has 1 aliphatic heterocycles. The average Bonchev–Trinajstić information content (AvgIpc) is 2.44. The zero-order chi connectivity index (χ0) is 16.1. The van der Waals surface area contributed by atoms with Gasteiger partial charge in [-0.2, -0.15) is 12.5 Å². The highest BCUT2D eigenvalue weighted by Crippen LogP contribution is 2.48. The van der Waals surface area contributed by atoms with Crippen LogP contribution in [0, 0.1) is 11.8 Å². The summed E-state index contributed by atoms with van der Waals surface area (Å²) in [7, 11) is 0. The van der Waals surface area contributed by atoms with Crippen molar-refractivity contribution in [1.82, 2.24) is 0 Å². The van der Waals surface area contributed by atoms with Crippen LogP contribution in [0.4, 0.5) is 0 Å². The third-order valence-corrected chi connectivity index (χ3v) is 5.89. The summed E-state index contributed by atoms with van der Waals surface area (Å²) in [6, 6.07) is 0. The van der Waals surface area contributed by atoms with Crippen molar-refractivity contribution in [3.63, 3.8) is 0 Å². The summed E-state index contributed by atoms with van der Waals surface area (Å²) in [6.07, 6.45) is -0.572. The van der Waals surface area contributed by atoms with Crippen molar-refractivity contribution in [2.24, 2.45) is 11.8 Å². The summed E-state index contributed by atoms with van der Waals surface area (Å²) in [4.78, 5) is 0. The maximum Gasteiger partial charge on any atom is 0.529 e. The molecule has 0 amide bonds. The molecule has 0 spiro atoms. The molecule has 1 aliphatic rings. The van der Waals surface area contributed by atoms with Crippen molar-refractivity contribution < 1.29 is 19.5 Å². The first-order chi connectivity index (χ1) is 8.67. The van der Waals surface area contributed by atoms with Gasteiger partial charge in [0.15, 0.2) is 0 Å². The lowest BCUT2D eigenvalue weighted by atomic mass is 9.64. The molecule has 0 aromatic heterocycles. The highest BCUT2D eigenvalue weighted by molar-refractivity contribution is 8.08. The minimum absolute atomic E-state index is 0.0453. The minimum atomic E-state index is -1.25. The van der Waals surface area contributed by atoms with Gasteiger partial charge in [0, 0.05) is 0 Å². The van der Waals surface area contributed by atoms with Crippen LogP contribution in [-0.2, 0) is 9.31 Å². The molecule has 3 unspecified atom stereocenters. The molecule has 0 radical (unpaired) electrons. The summed E-state index contributed by atoms with van der Waals surface area (Å²) in [6.45, 7) is 14.8. The predicted octanol–water partition coefficient (Wildman–Crippen LogP) is 2.28. The van der Waals surface area contributed by atoms with E-state index in [0.717, 1.165) is 0 Å². The lowest BCUT2D eigenvalue weighted by Gasteiger charge is -2.50. The Balaban J connectivity index is 3.09. The van der Waals surface area contributed by atoms with Gasteiger partial charge in [-0.15, -0.1) is 0 Å². The van der Waals surface area contributed by atoms with E-state index in [1.807, 2.05) is 34.6 Å². The Morgan fingerprint density at radius 2 is 1.50 bits per heavy atom. The van der Waals surface area contributed by atoms with Gasteiger partial charge >= 0.3 is 6.40 Å². The van der Waals surface area contributed by atoms with Crippen molar-refractivity contribution in [2.75, 3.05) is 0 Å². The van der Waals surface area contributed by atoms with E-state index in [9.17, 15) is 10.2 Å². The molecule has 0 aromatic carbocycles. The Labute approximate surface area is 128 Å². The third-order valence-electron chi connectivity index (χ3n) is 5.68. The van der Waals surface area contributed by atoms with Gasteiger partial charge in [0.1, 0.15) is 0 Å². The summed E-state index contributed by atoms with van der Waals surface area (Å²) >= 11 is 4.26. The molecule has 4 atom stereocenters. The van der Waals surface area contributed by atoms with Gasteiger partial charge in [0.25, 0.3) is 0 Å². The topological polar surface area (TPSA) is 58.9 Å². The van der Waals surface area contributed by atoms with E-state index in [-0.39, 0.29) is 11.8 Å². The number of hydrogen-bond acceptors (Lipinski definition) is 5. The molecule has 20 heavy (non-hydrogen) atoms. The predicted molar refractivity (Wildman–Crippen MR) is 84.6 cm³/mol. The Hall–Kier alpha value is 0.255. The lowest BCUT2D eigenvalue weighted by Crippen LogP contribution is -2.60. The second-order valence-electron chi connectivity index (χ2n) is 7.44. The van der Waals surface area contributed by atoms with Crippen LogP contribution >= 0.6 is 12.5 Å². The Kier molecular flexibility index (Phi) is 4.72. The number of rotatable bonds is 4. The Bertz CT molecular complexity index is 367. The van der Waals surface area contributed by atoms with Crippen molar-refractivity contribution in [3.05, 3.63) is 0 Å². The quantitative estimate of drug-likeness (QED) is 0.551. The molecule has 1 saturated heterocycles. The minimum Gasteiger partial charge on any atom is -0.394 e. The monoisotopic (exact) mass is 304 g/mol. The molecule has 1 fully saturated rings. The zero-order valence-corrected chi connectivity index (χ0v) is 14.8. The van der Waals surface area contributed by atoms with E-state index >= 15 is 0 Å². The number of hydrogen-bond donors (Lipinski definition) is 3. The Morgan fingerprint density at radius 3 is 1.80 bits per heavy atom. The molecular weight excluding hydrogens is 275 g/mol. The fourth-order valence-electron chi connectivity index (χ4n) is 2.92. The summed E-state index contributed by atoms with van der Waals surface area (Å²) in [5.74, 6) is -0.245.